The topological polar surface area (TPSA) is 61.5 Å². The third-order valence-electron chi connectivity index (χ3n) is 2.62. The lowest BCUT2D eigenvalue weighted by Crippen LogP contribution is -2.35. The second kappa shape index (κ2) is 5.87. The van der Waals surface area contributed by atoms with Crippen LogP contribution in [-0.4, -0.2) is 19.2 Å². The van der Waals surface area contributed by atoms with E-state index in [-0.39, 0.29) is 18.5 Å². The molecule has 0 aliphatic rings. The van der Waals surface area contributed by atoms with Gasteiger partial charge in [-0.25, -0.2) is 0 Å². The molecule has 18 heavy (non-hydrogen) atoms. The molecule has 0 spiro atoms. The van der Waals surface area contributed by atoms with E-state index in [1.54, 1.807) is 0 Å². The molecular weight excluding hydrogens is 230 g/mol. The molecule has 0 fully saturated rings. The van der Waals surface area contributed by atoms with E-state index in [1.165, 1.54) is 7.11 Å². The molecule has 0 radical (unpaired) electrons. The molecule has 4 nitrogen and oxygen atoms in total. The van der Waals surface area contributed by atoms with Gasteiger partial charge in [0.05, 0.1) is 19.6 Å². The number of esters is 1. The molecule has 1 unspecified atom stereocenters. The van der Waals surface area contributed by atoms with Gasteiger partial charge < -0.3 is 15.2 Å². The average Bonchev–Trinajstić information content (AvgIpc) is 2.28. The molecule has 0 heterocycles. The van der Waals surface area contributed by atoms with Crippen molar-refractivity contribution in [3.05, 3.63) is 29.8 Å². The highest BCUT2D eigenvalue weighted by Crippen LogP contribution is 2.24. The Morgan fingerprint density at radius 3 is 2.33 bits per heavy atom. The normalized spacial score (nSPS) is 14.1. The Morgan fingerprint density at radius 1 is 1.33 bits per heavy atom. The van der Waals surface area contributed by atoms with Crippen molar-refractivity contribution in [1.29, 1.82) is 0 Å². The first-order valence-corrected chi connectivity index (χ1v) is 5.98. The van der Waals surface area contributed by atoms with Gasteiger partial charge in [-0.3, -0.25) is 4.79 Å². The van der Waals surface area contributed by atoms with E-state index in [9.17, 15) is 4.79 Å². The summed E-state index contributed by atoms with van der Waals surface area (Å²) in [6, 6.07) is 7.47. The number of benzene rings is 1. The molecule has 1 aromatic rings. The molecule has 2 N–H and O–H groups in total. The van der Waals surface area contributed by atoms with Gasteiger partial charge in [0.2, 0.25) is 0 Å². The van der Waals surface area contributed by atoms with Gasteiger partial charge in [0.15, 0.2) is 0 Å². The highest BCUT2D eigenvalue weighted by atomic mass is 16.5. The third-order valence-corrected chi connectivity index (χ3v) is 2.62. The molecule has 0 aliphatic heterocycles. The Labute approximate surface area is 108 Å². The summed E-state index contributed by atoms with van der Waals surface area (Å²) in [6.45, 7) is 5.75. The molecule has 0 amide bonds. The summed E-state index contributed by atoms with van der Waals surface area (Å²) in [5.41, 5.74) is 6.27. The number of hydrogen-bond acceptors (Lipinski definition) is 4. The van der Waals surface area contributed by atoms with Crippen LogP contribution in [0.5, 0.6) is 5.75 Å². The minimum atomic E-state index is -0.733. The molecule has 0 saturated heterocycles. The van der Waals surface area contributed by atoms with E-state index < -0.39 is 5.54 Å². The SMILES string of the molecule is COC(=O)CC(C)(N)c1ccc(OC(C)C)cc1. The van der Waals surface area contributed by atoms with E-state index in [4.69, 9.17) is 10.5 Å². The molecule has 0 bridgehead atoms. The quantitative estimate of drug-likeness (QED) is 0.815. The fourth-order valence-corrected chi connectivity index (χ4v) is 1.66. The van der Waals surface area contributed by atoms with Gasteiger partial charge in [0.1, 0.15) is 5.75 Å². The Kier molecular flexibility index (Phi) is 4.73. The first kappa shape index (κ1) is 14.5. The smallest absolute Gasteiger partial charge is 0.307 e. The summed E-state index contributed by atoms with van der Waals surface area (Å²) >= 11 is 0. The predicted octanol–water partition coefficient (Wildman–Crippen LogP) is 2.21. The number of carbonyl (C=O) groups excluding carboxylic acids is 1. The van der Waals surface area contributed by atoms with Crippen molar-refractivity contribution in [1.82, 2.24) is 0 Å². The van der Waals surface area contributed by atoms with E-state index in [0.29, 0.717) is 0 Å². The number of nitrogens with two attached hydrogens (primary N) is 1. The molecule has 1 rings (SSSR count). The van der Waals surface area contributed by atoms with Crippen LogP contribution in [0.3, 0.4) is 0 Å². The number of rotatable bonds is 5. The van der Waals surface area contributed by atoms with Crippen LogP contribution in [0.4, 0.5) is 0 Å². The Balaban J connectivity index is 2.80. The number of methoxy groups -OCH3 is 1. The van der Waals surface area contributed by atoms with Crippen molar-refractivity contribution in [3.8, 4) is 5.75 Å². The maximum Gasteiger partial charge on any atom is 0.307 e. The zero-order valence-corrected chi connectivity index (χ0v) is 11.4. The van der Waals surface area contributed by atoms with Crippen molar-refractivity contribution >= 4 is 5.97 Å². The molecule has 1 atom stereocenters. The van der Waals surface area contributed by atoms with Crippen molar-refractivity contribution in [2.45, 2.75) is 38.8 Å². The summed E-state index contributed by atoms with van der Waals surface area (Å²) in [4.78, 5) is 11.3. The van der Waals surface area contributed by atoms with E-state index in [0.717, 1.165) is 11.3 Å². The van der Waals surface area contributed by atoms with Crippen LogP contribution >= 0.6 is 0 Å². The van der Waals surface area contributed by atoms with Gasteiger partial charge in [-0.2, -0.15) is 0 Å². The van der Waals surface area contributed by atoms with E-state index in [1.807, 2.05) is 45.0 Å². The van der Waals surface area contributed by atoms with Crippen LogP contribution in [-0.2, 0) is 15.1 Å². The number of carbonyl (C=O) groups is 1. The maximum atomic E-state index is 11.3. The third kappa shape index (κ3) is 4.04. The van der Waals surface area contributed by atoms with E-state index in [2.05, 4.69) is 4.74 Å². The summed E-state index contributed by atoms with van der Waals surface area (Å²) in [5, 5.41) is 0. The predicted molar refractivity (Wildman–Crippen MR) is 70.4 cm³/mol. The van der Waals surface area contributed by atoms with Crippen LogP contribution in [0.25, 0.3) is 0 Å². The zero-order chi connectivity index (χ0) is 13.8. The molecule has 0 saturated carbocycles. The standard InChI is InChI=1S/C14H21NO3/c1-10(2)18-12-7-5-11(6-8-12)14(3,15)9-13(16)17-4/h5-8,10H,9,15H2,1-4H3. The minimum Gasteiger partial charge on any atom is -0.491 e. The zero-order valence-electron chi connectivity index (χ0n) is 11.4. The second-order valence-electron chi connectivity index (χ2n) is 4.86. The van der Waals surface area contributed by atoms with Crippen molar-refractivity contribution in [2.75, 3.05) is 7.11 Å². The van der Waals surface area contributed by atoms with Gasteiger partial charge in [-0.05, 0) is 38.5 Å². The molecule has 0 aromatic heterocycles. The van der Waals surface area contributed by atoms with Crippen LogP contribution in [0.2, 0.25) is 0 Å². The number of hydrogen-bond donors (Lipinski definition) is 1. The van der Waals surface area contributed by atoms with E-state index >= 15 is 0 Å². The van der Waals surface area contributed by atoms with Gasteiger partial charge >= 0.3 is 5.97 Å². The van der Waals surface area contributed by atoms with Gasteiger partial charge in [0.25, 0.3) is 0 Å². The Morgan fingerprint density at radius 2 is 1.89 bits per heavy atom. The molecule has 1 aromatic carbocycles. The fourth-order valence-electron chi connectivity index (χ4n) is 1.66. The molecular formula is C14H21NO3. The Hall–Kier alpha value is -1.55. The number of ether oxygens (including phenoxy) is 2. The first-order chi connectivity index (χ1) is 8.35. The monoisotopic (exact) mass is 251 g/mol. The lowest BCUT2D eigenvalue weighted by Gasteiger charge is -2.24. The first-order valence-electron chi connectivity index (χ1n) is 5.98. The maximum absolute atomic E-state index is 11.3. The van der Waals surface area contributed by atoms with Crippen LogP contribution in [0, 0.1) is 0 Å². The fraction of sp³-hybridized carbons (Fsp3) is 0.500. The largest absolute Gasteiger partial charge is 0.491 e. The average molecular weight is 251 g/mol. The summed E-state index contributed by atoms with van der Waals surface area (Å²) in [7, 11) is 1.36. The van der Waals surface area contributed by atoms with Crippen LogP contribution in [0.1, 0.15) is 32.8 Å². The molecule has 4 heteroatoms. The highest BCUT2D eigenvalue weighted by Gasteiger charge is 2.25. The van der Waals surface area contributed by atoms with Crippen molar-refractivity contribution < 1.29 is 14.3 Å². The molecule has 0 aliphatic carbocycles. The lowest BCUT2D eigenvalue weighted by molar-refractivity contribution is -0.141. The van der Waals surface area contributed by atoms with Crippen LogP contribution < -0.4 is 10.5 Å². The van der Waals surface area contributed by atoms with Gasteiger partial charge in [-0.15, -0.1) is 0 Å². The van der Waals surface area contributed by atoms with Crippen LogP contribution in [0.15, 0.2) is 24.3 Å². The van der Waals surface area contributed by atoms with Gasteiger partial charge in [0, 0.05) is 5.54 Å². The van der Waals surface area contributed by atoms with Crippen molar-refractivity contribution in [2.24, 2.45) is 5.73 Å². The van der Waals surface area contributed by atoms with Gasteiger partial charge in [-0.1, -0.05) is 12.1 Å². The summed E-state index contributed by atoms with van der Waals surface area (Å²) in [5.74, 6) is 0.477. The molecule has 100 valence electrons. The second-order valence-corrected chi connectivity index (χ2v) is 4.86. The highest BCUT2D eigenvalue weighted by molar-refractivity contribution is 5.71. The minimum absolute atomic E-state index is 0.134. The van der Waals surface area contributed by atoms with Crippen molar-refractivity contribution in [3.63, 3.8) is 0 Å². The summed E-state index contributed by atoms with van der Waals surface area (Å²) < 4.78 is 10.2. The lowest BCUT2D eigenvalue weighted by atomic mass is 9.90. The summed E-state index contributed by atoms with van der Waals surface area (Å²) in [6.07, 6.45) is 0.281. The Bertz CT molecular complexity index is 396.